The fourth-order valence-corrected chi connectivity index (χ4v) is 2.93. The molecule has 120 valence electrons. The number of hydrogen-bond donors (Lipinski definition) is 0. The van der Waals surface area contributed by atoms with Crippen LogP contribution in [-0.2, 0) is 0 Å². The number of hydrogen-bond acceptors (Lipinski definition) is 3. The van der Waals surface area contributed by atoms with Gasteiger partial charge >= 0.3 is 0 Å². The Kier molecular flexibility index (Phi) is 10.3. The lowest BCUT2D eigenvalue weighted by molar-refractivity contribution is 0.215. The van der Waals surface area contributed by atoms with Crippen molar-refractivity contribution < 1.29 is 0 Å². The molecule has 1 fully saturated rings. The lowest BCUT2D eigenvalue weighted by Gasteiger charge is -2.25. The SMILES string of the molecule is CCCCN1CCN(CCC)CCN(CCCC)CC1. The zero-order chi connectivity index (χ0) is 14.6. The minimum atomic E-state index is 1.26. The summed E-state index contributed by atoms with van der Waals surface area (Å²) in [7, 11) is 0. The Balaban J connectivity index is 2.49. The molecular formula is C17H37N3. The van der Waals surface area contributed by atoms with E-state index in [0.717, 1.165) is 0 Å². The fourth-order valence-electron chi connectivity index (χ4n) is 2.93. The number of rotatable bonds is 8. The van der Waals surface area contributed by atoms with Crippen molar-refractivity contribution in [3.8, 4) is 0 Å². The summed E-state index contributed by atoms with van der Waals surface area (Å²) in [5.74, 6) is 0. The van der Waals surface area contributed by atoms with Crippen LogP contribution in [0.3, 0.4) is 0 Å². The van der Waals surface area contributed by atoms with Gasteiger partial charge in [-0.05, 0) is 38.9 Å². The first-order chi connectivity index (χ1) is 9.80. The summed E-state index contributed by atoms with van der Waals surface area (Å²) in [5, 5.41) is 0. The van der Waals surface area contributed by atoms with E-state index in [1.54, 1.807) is 0 Å². The first kappa shape index (κ1) is 17.9. The molecule has 0 unspecified atom stereocenters. The van der Waals surface area contributed by atoms with Crippen LogP contribution in [0.25, 0.3) is 0 Å². The van der Waals surface area contributed by atoms with Crippen LogP contribution in [0, 0.1) is 0 Å². The van der Waals surface area contributed by atoms with E-state index in [1.807, 2.05) is 0 Å². The third-order valence-corrected chi connectivity index (χ3v) is 4.39. The molecule has 0 N–H and O–H groups in total. The van der Waals surface area contributed by atoms with E-state index in [4.69, 9.17) is 0 Å². The van der Waals surface area contributed by atoms with E-state index in [1.165, 1.54) is 91.0 Å². The first-order valence-corrected chi connectivity index (χ1v) is 8.97. The van der Waals surface area contributed by atoms with Crippen LogP contribution in [0.5, 0.6) is 0 Å². The van der Waals surface area contributed by atoms with Gasteiger partial charge in [-0.25, -0.2) is 0 Å². The van der Waals surface area contributed by atoms with E-state index in [0.29, 0.717) is 0 Å². The lowest BCUT2D eigenvalue weighted by Crippen LogP contribution is -2.36. The second-order valence-electron chi connectivity index (χ2n) is 6.23. The van der Waals surface area contributed by atoms with Crippen LogP contribution in [0.4, 0.5) is 0 Å². The van der Waals surface area contributed by atoms with Crippen LogP contribution in [-0.4, -0.2) is 73.6 Å². The Morgan fingerprint density at radius 2 is 0.850 bits per heavy atom. The largest absolute Gasteiger partial charge is 0.301 e. The van der Waals surface area contributed by atoms with Crippen LogP contribution in [0.1, 0.15) is 52.9 Å². The van der Waals surface area contributed by atoms with Gasteiger partial charge in [0.15, 0.2) is 0 Å². The van der Waals surface area contributed by atoms with Crippen molar-refractivity contribution in [3.05, 3.63) is 0 Å². The predicted molar refractivity (Wildman–Crippen MR) is 89.4 cm³/mol. The molecule has 3 heteroatoms. The van der Waals surface area contributed by atoms with Crippen molar-refractivity contribution in [3.63, 3.8) is 0 Å². The summed E-state index contributed by atoms with van der Waals surface area (Å²) >= 11 is 0. The molecule has 3 nitrogen and oxygen atoms in total. The molecule has 0 saturated carbocycles. The van der Waals surface area contributed by atoms with Crippen LogP contribution in [0.2, 0.25) is 0 Å². The summed E-state index contributed by atoms with van der Waals surface area (Å²) in [6.07, 6.45) is 6.61. The van der Waals surface area contributed by atoms with Gasteiger partial charge in [-0.2, -0.15) is 0 Å². The monoisotopic (exact) mass is 283 g/mol. The molecule has 0 aromatic carbocycles. The summed E-state index contributed by atoms with van der Waals surface area (Å²) in [5.41, 5.74) is 0. The second-order valence-corrected chi connectivity index (χ2v) is 6.23. The van der Waals surface area contributed by atoms with E-state index >= 15 is 0 Å². The fraction of sp³-hybridized carbons (Fsp3) is 1.00. The van der Waals surface area contributed by atoms with Crippen LogP contribution < -0.4 is 0 Å². The zero-order valence-electron chi connectivity index (χ0n) is 14.2. The minimum Gasteiger partial charge on any atom is -0.301 e. The summed E-state index contributed by atoms with van der Waals surface area (Å²) in [4.78, 5) is 8.05. The molecule has 0 aliphatic carbocycles. The maximum atomic E-state index is 2.69. The van der Waals surface area contributed by atoms with E-state index in [-0.39, 0.29) is 0 Å². The maximum absolute atomic E-state index is 2.69. The normalized spacial score (nSPS) is 20.6. The summed E-state index contributed by atoms with van der Waals surface area (Å²) in [6, 6.07) is 0. The first-order valence-electron chi connectivity index (χ1n) is 8.97. The molecule has 0 amide bonds. The molecule has 0 bridgehead atoms. The Bertz CT molecular complexity index is 200. The molecular weight excluding hydrogens is 246 g/mol. The molecule has 1 aliphatic heterocycles. The van der Waals surface area contributed by atoms with Crippen molar-refractivity contribution in [2.45, 2.75) is 52.9 Å². The van der Waals surface area contributed by atoms with Crippen molar-refractivity contribution in [1.82, 2.24) is 14.7 Å². The Hall–Kier alpha value is -0.120. The molecule has 20 heavy (non-hydrogen) atoms. The molecule has 1 saturated heterocycles. The third-order valence-electron chi connectivity index (χ3n) is 4.39. The highest BCUT2D eigenvalue weighted by molar-refractivity contribution is 4.71. The van der Waals surface area contributed by atoms with Gasteiger partial charge in [0.05, 0.1) is 0 Å². The van der Waals surface area contributed by atoms with Gasteiger partial charge < -0.3 is 14.7 Å². The molecule has 0 radical (unpaired) electrons. The lowest BCUT2D eigenvalue weighted by atomic mass is 10.3. The minimum absolute atomic E-state index is 1.26. The van der Waals surface area contributed by atoms with E-state index in [2.05, 4.69) is 35.5 Å². The second kappa shape index (κ2) is 11.5. The van der Waals surface area contributed by atoms with Gasteiger partial charge in [0.25, 0.3) is 0 Å². The highest BCUT2D eigenvalue weighted by Crippen LogP contribution is 2.04. The van der Waals surface area contributed by atoms with Gasteiger partial charge in [0.1, 0.15) is 0 Å². The van der Waals surface area contributed by atoms with E-state index in [9.17, 15) is 0 Å². The zero-order valence-corrected chi connectivity index (χ0v) is 14.2. The molecule has 0 spiro atoms. The molecule has 0 aromatic heterocycles. The van der Waals surface area contributed by atoms with Crippen LogP contribution >= 0.6 is 0 Å². The summed E-state index contributed by atoms with van der Waals surface area (Å²) < 4.78 is 0. The quantitative estimate of drug-likeness (QED) is 0.678. The smallest absolute Gasteiger partial charge is 0.0110 e. The average Bonchev–Trinajstić information content (AvgIpc) is 2.55. The topological polar surface area (TPSA) is 9.72 Å². The summed E-state index contributed by atoms with van der Waals surface area (Å²) in [6.45, 7) is 18.3. The highest BCUT2D eigenvalue weighted by Gasteiger charge is 2.15. The van der Waals surface area contributed by atoms with Crippen molar-refractivity contribution >= 4 is 0 Å². The van der Waals surface area contributed by atoms with Crippen LogP contribution in [0.15, 0.2) is 0 Å². The molecule has 1 rings (SSSR count). The van der Waals surface area contributed by atoms with Gasteiger partial charge in [0.2, 0.25) is 0 Å². The number of unbranched alkanes of at least 4 members (excludes halogenated alkanes) is 2. The molecule has 0 aromatic rings. The van der Waals surface area contributed by atoms with Crippen molar-refractivity contribution in [2.75, 3.05) is 58.9 Å². The van der Waals surface area contributed by atoms with Gasteiger partial charge in [-0.15, -0.1) is 0 Å². The maximum Gasteiger partial charge on any atom is 0.0110 e. The third kappa shape index (κ3) is 7.61. The molecule has 0 atom stereocenters. The molecule has 1 heterocycles. The van der Waals surface area contributed by atoms with Gasteiger partial charge in [0, 0.05) is 39.3 Å². The predicted octanol–water partition coefficient (Wildman–Crippen LogP) is 2.92. The Labute approximate surface area is 127 Å². The molecule has 1 aliphatic rings. The van der Waals surface area contributed by atoms with Gasteiger partial charge in [-0.1, -0.05) is 33.6 Å². The highest BCUT2D eigenvalue weighted by atomic mass is 15.3. The standard InChI is InChI=1S/C17H37N3/c1-4-7-10-19-14-12-18(9-6-3)13-15-20(17-16-19)11-8-5-2/h4-17H2,1-3H3. The average molecular weight is 284 g/mol. The Morgan fingerprint density at radius 3 is 1.15 bits per heavy atom. The Morgan fingerprint density at radius 1 is 0.500 bits per heavy atom. The number of nitrogens with zero attached hydrogens (tertiary/aromatic N) is 3. The van der Waals surface area contributed by atoms with E-state index < -0.39 is 0 Å². The van der Waals surface area contributed by atoms with Gasteiger partial charge in [-0.3, -0.25) is 0 Å². The van der Waals surface area contributed by atoms with Crippen molar-refractivity contribution in [1.29, 1.82) is 0 Å². The van der Waals surface area contributed by atoms with Crippen molar-refractivity contribution in [2.24, 2.45) is 0 Å².